The molecule has 4 heteroatoms. The molecule has 1 heterocycles. The summed E-state index contributed by atoms with van der Waals surface area (Å²) in [5, 5.41) is 3.80. The van der Waals surface area contributed by atoms with Crippen LogP contribution in [0.25, 0.3) is 11.0 Å². The monoisotopic (exact) mass is 343 g/mol. The summed E-state index contributed by atoms with van der Waals surface area (Å²) in [6, 6.07) is 17.5. The Morgan fingerprint density at radius 2 is 1.90 bits per heavy atom. The van der Waals surface area contributed by atoms with E-state index in [4.69, 9.17) is 4.42 Å². The second-order valence-electron chi connectivity index (χ2n) is 4.78. The summed E-state index contributed by atoms with van der Waals surface area (Å²) in [6.07, 6.45) is 0.804. The van der Waals surface area contributed by atoms with Crippen molar-refractivity contribution >= 4 is 32.8 Å². The van der Waals surface area contributed by atoms with Crippen LogP contribution in [0, 0.1) is 0 Å². The van der Waals surface area contributed by atoms with E-state index >= 15 is 0 Å². The van der Waals surface area contributed by atoms with Gasteiger partial charge in [-0.2, -0.15) is 0 Å². The van der Waals surface area contributed by atoms with E-state index in [1.807, 2.05) is 48.5 Å². The number of rotatable bonds is 4. The summed E-state index contributed by atoms with van der Waals surface area (Å²) in [6.45, 7) is 0.587. The molecule has 0 saturated heterocycles. The van der Waals surface area contributed by atoms with Crippen LogP contribution in [0.5, 0.6) is 0 Å². The lowest BCUT2D eigenvalue weighted by Gasteiger charge is -2.03. The molecule has 3 rings (SSSR count). The lowest BCUT2D eigenvalue weighted by Crippen LogP contribution is -2.25. The fourth-order valence-electron chi connectivity index (χ4n) is 2.17. The maximum Gasteiger partial charge on any atom is 0.287 e. The molecule has 106 valence electrons. The zero-order chi connectivity index (χ0) is 14.7. The number of nitrogens with one attached hydrogen (secondary N) is 1. The van der Waals surface area contributed by atoms with Gasteiger partial charge in [-0.05, 0) is 36.2 Å². The van der Waals surface area contributed by atoms with Crippen molar-refractivity contribution in [3.63, 3.8) is 0 Å². The van der Waals surface area contributed by atoms with E-state index in [0.717, 1.165) is 16.3 Å². The summed E-state index contributed by atoms with van der Waals surface area (Å²) in [5.74, 6) is 0.161. The highest BCUT2D eigenvalue weighted by molar-refractivity contribution is 9.10. The summed E-state index contributed by atoms with van der Waals surface area (Å²) >= 11 is 3.39. The number of halogens is 1. The molecule has 0 aliphatic carbocycles. The van der Waals surface area contributed by atoms with Crippen LogP contribution in [-0.2, 0) is 6.42 Å². The SMILES string of the molecule is O=C(NCCc1ccccc1)c1cc2ccc(Br)cc2o1. The topological polar surface area (TPSA) is 42.2 Å². The van der Waals surface area contributed by atoms with Crippen molar-refractivity contribution in [1.29, 1.82) is 0 Å². The molecule has 0 radical (unpaired) electrons. The Morgan fingerprint density at radius 3 is 2.71 bits per heavy atom. The van der Waals surface area contributed by atoms with Crippen LogP contribution in [0.15, 0.2) is 63.5 Å². The van der Waals surface area contributed by atoms with Gasteiger partial charge in [-0.25, -0.2) is 0 Å². The van der Waals surface area contributed by atoms with Gasteiger partial charge in [0.2, 0.25) is 0 Å². The van der Waals surface area contributed by atoms with Gasteiger partial charge in [0.15, 0.2) is 5.76 Å². The standard InChI is InChI=1S/C17H14BrNO2/c18-14-7-6-13-10-16(21-15(13)11-14)17(20)19-9-8-12-4-2-1-3-5-12/h1-7,10-11H,8-9H2,(H,19,20). The normalized spacial score (nSPS) is 10.7. The number of fused-ring (bicyclic) bond motifs is 1. The van der Waals surface area contributed by atoms with Gasteiger partial charge in [-0.15, -0.1) is 0 Å². The number of hydrogen-bond acceptors (Lipinski definition) is 2. The Bertz CT molecular complexity index is 765. The Kier molecular flexibility index (Phi) is 4.06. The van der Waals surface area contributed by atoms with E-state index in [0.29, 0.717) is 17.9 Å². The van der Waals surface area contributed by atoms with Crippen molar-refractivity contribution in [2.75, 3.05) is 6.54 Å². The largest absolute Gasteiger partial charge is 0.451 e. The number of benzene rings is 2. The van der Waals surface area contributed by atoms with Crippen molar-refractivity contribution in [2.24, 2.45) is 0 Å². The molecule has 1 aromatic heterocycles. The molecule has 1 N–H and O–H groups in total. The van der Waals surface area contributed by atoms with Crippen molar-refractivity contribution < 1.29 is 9.21 Å². The van der Waals surface area contributed by atoms with Crippen LogP contribution in [0.1, 0.15) is 16.1 Å². The molecule has 2 aromatic carbocycles. The molecule has 0 atom stereocenters. The van der Waals surface area contributed by atoms with E-state index < -0.39 is 0 Å². The average Bonchev–Trinajstić information content (AvgIpc) is 2.91. The van der Waals surface area contributed by atoms with Crippen molar-refractivity contribution in [2.45, 2.75) is 6.42 Å². The third kappa shape index (κ3) is 3.34. The van der Waals surface area contributed by atoms with Crippen LogP contribution in [0.3, 0.4) is 0 Å². The highest BCUT2D eigenvalue weighted by atomic mass is 79.9. The predicted octanol–water partition coefficient (Wildman–Crippen LogP) is 4.17. The smallest absolute Gasteiger partial charge is 0.287 e. The highest BCUT2D eigenvalue weighted by Gasteiger charge is 2.11. The molecular weight excluding hydrogens is 330 g/mol. The fourth-order valence-corrected chi connectivity index (χ4v) is 2.51. The molecule has 0 unspecified atom stereocenters. The molecule has 0 aliphatic rings. The summed E-state index contributed by atoms with van der Waals surface area (Å²) in [7, 11) is 0. The second-order valence-corrected chi connectivity index (χ2v) is 5.70. The third-order valence-electron chi connectivity index (χ3n) is 3.25. The van der Waals surface area contributed by atoms with Crippen LogP contribution < -0.4 is 5.32 Å². The third-order valence-corrected chi connectivity index (χ3v) is 3.74. The Balaban J connectivity index is 1.64. The lowest BCUT2D eigenvalue weighted by atomic mass is 10.1. The molecule has 0 saturated carbocycles. The second kappa shape index (κ2) is 6.14. The number of furan rings is 1. The first-order valence-corrected chi connectivity index (χ1v) is 7.53. The van der Waals surface area contributed by atoms with Gasteiger partial charge in [0, 0.05) is 16.4 Å². The van der Waals surface area contributed by atoms with Crippen molar-refractivity contribution in [1.82, 2.24) is 5.32 Å². The zero-order valence-corrected chi connectivity index (χ0v) is 12.9. The van der Waals surface area contributed by atoms with Crippen LogP contribution in [0.4, 0.5) is 0 Å². The van der Waals surface area contributed by atoms with Crippen LogP contribution in [0.2, 0.25) is 0 Å². The number of amides is 1. The Labute approximate surface area is 131 Å². The van der Waals surface area contributed by atoms with Gasteiger partial charge in [-0.1, -0.05) is 46.3 Å². The van der Waals surface area contributed by atoms with Crippen molar-refractivity contribution in [3.8, 4) is 0 Å². The quantitative estimate of drug-likeness (QED) is 0.772. The van der Waals surface area contributed by atoms with Gasteiger partial charge in [-0.3, -0.25) is 4.79 Å². The first-order chi connectivity index (χ1) is 10.2. The van der Waals surface area contributed by atoms with Crippen molar-refractivity contribution in [3.05, 3.63) is 70.4 Å². The molecule has 0 spiro atoms. The molecule has 3 aromatic rings. The molecular formula is C17H14BrNO2. The van der Waals surface area contributed by atoms with Gasteiger partial charge in [0.05, 0.1) is 0 Å². The van der Waals surface area contributed by atoms with Crippen LogP contribution in [-0.4, -0.2) is 12.5 Å². The van der Waals surface area contributed by atoms with E-state index in [9.17, 15) is 4.79 Å². The van der Waals surface area contributed by atoms with E-state index in [1.54, 1.807) is 6.07 Å². The molecule has 0 bridgehead atoms. The molecule has 0 aliphatic heterocycles. The number of carbonyl (C=O) groups excluding carboxylic acids is 1. The van der Waals surface area contributed by atoms with E-state index in [-0.39, 0.29) is 5.91 Å². The summed E-state index contributed by atoms with van der Waals surface area (Å²) < 4.78 is 6.50. The Morgan fingerprint density at radius 1 is 1.10 bits per heavy atom. The summed E-state index contributed by atoms with van der Waals surface area (Å²) in [5.41, 5.74) is 1.91. The molecule has 1 amide bonds. The lowest BCUT2D eigenvalue weighted by molar-refractivity contribution is 0.0928. The molecule has 21 heavy (non-hydrogen) atoms. The zero-order valence-electron chi connectivity index (χ0n) is 11.3. The van der Waals surface area contributed by atoms with Crippen LogP contribution >= 0.6 is 15.9 Å². The minimum atomic E-state index is -0.182. The van der Waals surface area contributed by atoms with Gasteiger partial charge >= 0.3 is 0 Å². The van der Waals surface area contributed by atoms with Gasteiger partial charge in [0.1, 0.15) is 5.58 Å². The van der Waals surface area contributed by atoms with Gasteiger partial charge in [0.25, 0.3) is 5.91 Å². The maximum atomic E-state index is 12.1. The molecule has 0 fully saturated rings. The average molecular weight is 344 g/mol. The first kappa shape index (κ1) is 13.9. The Hall–Kier alpha value is -2.07. The molecule has 3 nitrogen and oxygen atoms in total. The predicted molar refractivity (Wildman–Crippen MR) is 86.4 cm³/mol. The minimum absolute atomic E-state index is 0.182. The maximum absolute atomic E-state index is 12.1. The summed E-state index contributed by atoms with van der Waals surface area (Å²) in [4.78, 5) is 12.1. The minimum Gasteiger partial charge on any atom is -0.451 e. The van der Waals surface area contributed by atoms with E-state index in [2.05, 4.69) is 21.2 Å². The first-order valence-electron chi connectivity index (χ1n) is 6.73. The fraction of sp³-hybridized carbons (Fsp3) is 0.118. The number of hydrogen-bond donors (Lipinski definition) is 1. The van der Waals surface area contributed by atoms with Gasteiger partial charge < -0.3 is 9.73 Å². The highest BCUT2D eigenvalue weighted by Crippen LogP contribution is 2.23. The van der Waals surface area contributed by atoms with E-state index in [1.165, 1.54) is 5.56 Å². The number of carbonyl (C=O) groups is 1.